The number of phenolic OH excluding ortho intramolecular Hbond substituents is 1. The van der Waals surface area contributed by atoms with Gasteiger partial charge in [0.1, 0.15) is 41.6 Å². The molecule has 6 heteroatoms. The Morgan fingerprint density at radius 2 is 1.87 bits per heavy atom. The summed E-state index contributed by atoms with van der Waals surface area (Å²) in [6.45, 7) is 6.93. The Balaban J connectivity index is 1.50. The predicted octanol–water partition coefficient (Wildman–Crippen LogP) is 4.91. The molecule has 2 heterocycles. The van der Waals surface area contributed by atoms with Crippen molar-refractivity contribution in [3.05, 3.63) is 59.4 Å². The van der Waals surface area contributed by atoms with Gasteiger partial charge in [-0.15, -0.1) is 0 Å². The molecule has 0 radical (unpaired) electrons. The van der Waals surface area contributed by atoms with Crippen LogP contribution >= 0.6 is 0 Å². The number of phenols is 1. The van der Waals surface area contributed by atoms with Crippen LogP contribution in [0.15, 0.2) is 46.9 Å². The molecule has 164 valence electrons. The second-order valence-electron chi connectivity index (χ2n) is 8.23. The van der Waals surface area contributed by atoms with E-state index in [1.807, 2.05) is 30.3 Å². The standard InChI is InChI=1S/C25H29NO5/c1-17-10-12-26(13-11-17)16-20-21(27)8-9-22-24(20)23(18(2)31-22)25(28)30-15-14-29-19-6-4-3-5-7-19/h3-9,17,27H,10-16H2,1-2H3. The van der Waals surface area contributed by atoms with E-state index in [2.05, 4.69) is 11.8 Å². The van der Waals surface area contributed by atoms with Crippen LogP contribution in [-0.2, 0) is 11.3 Å². The van der Waals surface area contributed by atoms with Crippen LogP contribution in [0.4, 0.5) is 0 Å². The summed E-state index contributed by atoms with van der Waals surface area (Å²) in [7, 11) is 0. The molecule has 0 atom stereocenters. The molecule has 1 N–H and O–H groups in total. The molecule has 0 saturated carbocycles. The Morgan fingerprint density at radius 1 is 1.13 bits per heavy atom. The number of aryl methyl sites for hydroxylation is 1. The van der Waals surface area contributed by atoms with Crippen LogP contribution < -0.4 is 4.74 Å². The van der Waals surface area contributed by atoms with Crippen molar-refractivity contribution in [2.45, 2.75) is 33.2 Å². The van der Waals surface area contributed by atoms with Crippen LogP contribution in [0.5, 0.6) is 11.5 Å². The second kappa shape index (κ2) is 9.43. The number of fused-ring (bicyclic) bond motifs is 1. The highest BCUT2D eigenvalue weighted by Crippen LogP contribution is 2.35. The highest BCUT2D eigenvalue weighted by Gasteiger charge is 2.26. The summed E-state index contributed by atoms with van der Waals surface area (Å²) in [5, 5.41) is 11.3. The molecule has 1 fully saturated rings. The van der Waals surface area contributed by atoms with E-state index in [0.29, 0.717) is 28.8 Å². The fourth-order valence-electron chi connectivity index (χ4n) is 4.10. The molecule has 1 aliphatic rings. The number of nitrogens with zero attached hydrogens (tertiary/aromatic N) is 1. The van der Waals surface area contributed by atoms with E-state index in [0.717, 1.165) is 43.2 Å². The zero-order valence-corrected chi connectivity index (χ0v) is 18.1. The number of aromatic hydroxyl groups is 1. The average molecular weight is 424 g/mol. The smallest absolute Gasteiger partial charge is 0.342 e. The number of para-hydroxylation sites is 1. The van der Waals surface area contributed by atoms with Crippen molar-refractivity contribution >= 4 is 16.9 Å². The Labute approximate surface area is 182 Å². The first-order valence-corrected chi connectivity index (χ1v) is 10.8. The van der Waals surface area contributed by atoms with Crippen LogP contribution in [0.3, 0.4) is 0 Å². The predicted molar refractivity (Wildman–Crippen MR) is 119 cm³/mol. The van der Waals surface area contributed by atoms with E-state index in [1.165, 1.54) is 0 Å². The van der Waals surface area contributed by atoms with Crippen molar-refractivity contribution in [2.24, 2.45) is 5.92 Å². The number of hydrogen-bond acceptors (Lipinski definition) is 6. The zero-order valence-electron chi connectivity index (χ0n) is 18.1. The first-order chi connectivity index (χ1) is 15.0. The third-order valence-electron chi connectivity index (χ3n) is 5.91. The number of carbonyl (C=O) groups is 1. The van der Waals surface area contributed by atoms with E-state index >= 15 is 0 Å². The number of piperidine rings is 1. The molecule has 0 aliphatic carbocycles. The Morgan fingerprint density at radius 3 is 2.61 bits per heavy atom. The van der Waals surface area contributed by atoms with Gasteiger partial charge in [-0.1, -0.05) is 25.1 Å². The summed E-state index contributed by atoms with van der Waals surface area (Å²) in [5.74, 6) is 1.65. The molecule has 2 aromatic carbocycles. The number of likely N-dealkylation sites (tertiary alicyclic amines) is 1. The summed E-state index contributed by atoms with van der Waals surface area (Å²) in [4.78, 5) is 15.2. The minimum atomic E-state index is -0.466. The lowest BCUT2D eigenvalue weighted by Gasteiger charge is -2.30. The number of furan rings is 1. The molecule has 0 unspecified atom stereocenters. The minimum absolute atomic E-state index is 0.123. The lowest BCUT2D eigenvalue weighted by atomic mass is 9.97. The highest BCUT2D eigenvalue weighted by molar-refractivity contribution is 6.06. The molecule has 1 saturated heterocycles. The van der Waals surface area contributed by atoms with E-state index in [1.54, 1.807) is 19.1 Å². The van der Waals surface area contributed by atoms with Gasteiger partial charge in [0, 0.05) is 17.5 Å². The Hall–Kier alpha value is -2.99. The van der Waals surface area contributed by atoms with Crippen molar-refractivity contribution < 1.29 is 23.8 Å². The number of hydrogen-bond donors (Lipinski definition) is 1. The van der Waals surface area contributed by atoms with Crippen LogP contribution in [0.2, 0.25) is 0 Å². The second-order valence-corrected chi connectivity index (χ2v) is 8.23. The van der Waals surface area contributed by atoms with Gasteiger partial charge in [0.15, 0.2) is 0 Å². The number of benzene rings is 2. The topological polar surface area (TPSA) is 72.1 Å². The molecule has 3 aromatic rings. The highest BCUT2D eigenvalue weighted by atomic mass is 16.6. The van der Waals surface area contributed by atoms with Crippen molar-refractivity contribution in [3.63, 3.8) is 0 Å². The molecular formula is C25H29NO5. The normalized spacial score (nSPS) is 15.3. The molecule has 6 nitrogen and oxygen atoms in total. The molecule has 0 spiro atoms. The molecular weight excluding hydrogens is 394 g/mol. The van der Waals surface area contributed by atoms with Gasteiger partial charge in [0.25, 0.3) is 0 Å². The number of ether oxygens (including phenoxy) is 2. The summed E-state index contributed by atoms with van der Waals surface area (Å²) in [5.41, 5.74) is 1.69. The monoisotopic (exact) mass is 423 g/mol. The average Bonchev–Trinajstić information content (AvgIpc) is 3.11. The maximum Gasteiger partial charge on any atom is 0.342 e. The zero-order chi connectivity index (χ0) is 21.8. The molecule has 0 amide bonds. The van der Waals surface area contributed by atoms with Crippen molar-refractivity contribution in [1.29, 1.82) is 0 Å². The van der Waals surface area contributed by atoms with Crippen molar-refractivity contribution in [2.75, 3.05) is 26.3 Å². The number of esters is 1. The first-order valence-electron chi connectivity index (χ1n) is 10.8. The summed E-state index contributed by atoms with van der Waals surface area (Å²) in [6, 6.07) is 12.7. The fraction of sp³-hybridized carbons (Fsp3) is 0.400. The SMILES string of the molecule is Cc1oc2ccc(O)c(CN3CCC(C)CC3)c2c1C(=O)OCCOc1ccccc1. The first kappa shape index (κ1) is 21.2. The quantitative estimate of drug-likeness (QED) is 0.430. The number of carbonyl (C=O) groups excluding carboxylic acids is 1. The molecule has 1 aromatic heterocycles. The van der Waals surface area contributed by atoms with Crippen molar-refractivity contribution in [3.8, 4) is 11.5 Å². The van der Waals surface area contributed by atoms with Crippen molar-refractivity contribution in [1.82, 2.24) is 4.90 Å². The Bertz CT molecular complexity index is 1030. The molecule has 0 bridgehead atoms. The van der Waals surface area contributed by atoms with Gasteiger partial charge in [0.05, 0.1) is 0 Å². The van der Waals surface area contributed by atoms with Gasteiger partial charge < -0.3 is 19.0 Å². The van der Waals surface area contributed by atoms with E-state index in [9.17, 15) is 9.90 Å². The summed E-state index contributed by atoms with van der Waals surface area (Å²) in [6.07, 6.45) is 2.27. The lowest BCUT2D eigenvalue weighted by Crippen LogP contribution is -2.32. The Kier molecular flexibility index (Phi) is 6.47. The maximum atomic E-state index is 12.9. The van der Waals surface area contributed by atoms with E-state index in [4.69, 9.17) is 13.9 Å². The van der Waals surface area contributed by atoms with Crippen LogP contribution in [0.1, 0.15) is 41.4 Å². The summed E-state index contributed by atoms with van der Waals surface area (Å²) >= 11 is 0. The van der Waals surface area contributed by atoms with Gasteiger partial charge in [-0.3, -0.25) is 4.90 Å². The van der Waals surface area contributed by atoms with Gasteiger partial charge in [-0.2, -0.15) is 0 Å². The van der Waals surface area contributed by atoms with Gasteiger partial charge >= 0.3 is 5.97 Å². The van der Waals surface area contributed by atoms with Crippen LogP contribution in [0.25, 0.3) is 11.0 Å². The molecule has 1 aliphatic heterocycles. The van der Waals surface area contributed by atoms with E-state index in [-0.39, 0.29) is 19.0 Å². The largest absolute Gasteiger partial charge is 0.508 e. The molecule has 4 rings (SSSR count). The number of rotatable bonds is 7. The van der Waals surface area contributed by atoms with Gasteiger partial charge in [0.2, 0.25) is 0 Å². The van der Waals surface area contributed by atoms with Crippen LogP contribution in [0, 0.1) is 12.8 Å². The van der Waals surface area contributed by atoms with E-state index < -0.39 is 5.97 Å². The third-order valence-corrected chi connectivity index (χ3v) is 5.91. The maximum absolute atomic E-state index is 12.9. The van der Waals surface area contributed by atoms with Crippen LogP contribution in [-0.4, -0.2) is 42.3 Å². The molecule has 31 heavy (non-hydrogen) atoms. The third kappa shape index (κ3) is 4.85. The van der Waals surface area contributed by atoms with Gasteiger partial charge in [-0.25, -0.2) is 4.79 Å². The fourth-order valence-corrected chi connectivity index (χ4v) is 4.10. The van der Waals surface area contributed by atoms with Gasteiger partial charge in [-0.05, 0) is 63.0 Å². The lowest BCUT2D eigenvalue weighted by molar-refractivity contribution is 0.0450. The minimum Gasteiger partial charge on any atom is -0.508 e. The summed E-state index contributed by atoms with van der Waals surface area (Å²) < 4.78 is 16.9.